The van der Waals surface area contributed by atoms with E-state index in [1.54, 1.807) is 0 Å². The Kier molecular flexibility index (Phi) is 5.57. The molecule has 3 nitrogen and oxygen atoms in total. The second-order valence-electron chi connectivity index (χ2n) is 5.30. The quantitative estimate of drug-likeness (QED) is 0.535. The molecule has 4 heteroatoms. The molecule has 1 aliphatic rings. The number of halogens is 1. The maximum atomic E-state index is 12.0. The van der Waals surface area contributed by atoms with Gasteiger partial charge in [-0.1, -0.05) is 5.92 Å². The summed E-state index contributed by atoms with van der Waals surface area (Å²) in [6.07, 6.45) is 3.82. The summed E-state index contributed by atoms with van der Waals surface area (Å²) in [5, 5.41) is 0. The van der Waals surface area contributed by atoms with Gasteiger partial charge in [-0.3, -0.25) is 0 Å². The minimum atomic E-state index is -0.423. The molecule has 0 aromatic heterocycles. The van der Waals surface area contributed by atoms with Crippen LogP contribution in [0, 0.1) is 9.85 Å². The number of amides is 1. The fourth-order valence-corrected chi connectivity index (χ4v) is 2.15. The Morgan fingerprint density at radius 3 is 2.76 bits per heavy atom. The smallest absolute Gasteiger partial charge is 0.410 e. The van der Waals surface area contributed by atoms with Crippen molar-refractivity contribution in [3.8, 4) is 9.85 Å². The predicted molar refractivity (Wildman–Crippen MR) is 77.0 cm³/mol. The second-order valence-corrected chi connectivity index (χ2v) is 5.84. The molecule has 1 rings (SSSR count). The molecule has 1 amide bonds. The highest BCUT2D eigenvalue weighted by molar-refractivity contribution is 14.1. The Morgan fingerprint density at radius 2 is 2.18 bits per heavy atom. The first-order chi connectivity index (χ1) is 7.94. The summed E-state index contributed by atoms with van der Waals surface area (Å²) in [6.45, 7) is 6.49. The van der Waals surface area contributed by atoms with Gasteiger partial charge < -0.3 is 9.64 Å². The van der Waals surface area contributed by atoms with Crippen molar-refractivity contribution in [1.82, 2.24) is 4.90 Å². The average molecular weight is 349 g/mol. The maximum absolute atomic E-state index is 12.0. The molecule has 0 N–H and O–H groups in total. The van der Waals surface area contributed by atoms with Crippen molar-refractivity contribution in [2.45, 2.75) is 58.1 Å². The summed E-state index contributed by atoms with van der Waals surface area (Å²) in [5.74, 6) is 3.05. The standard InChI is InChI=1S/C13H20INO2/c1-13(2,3)17-12(16)15-10-5-4-7-11(15)8-6-9-14/h11H,4-5,7-8,10H2,1-3H3. The van der Waals surface area contributed by atoms with Crippen LogP contribution in [-0.4, -0.2) is 29.2 Å². The highest BCUT2D eigenvalue weighted by Gasteiger charge is 2.29. The molecule has 0 aliphatic carbocycles. The van der Waals surface area contributed by atoms with Crippen LogP contribution in [0.4, 0.5) is 4.79 Å². The number of nitrogens with zero attached hydrogens (tertiary/aromatic N) is 1. The summed E-state index contributed by atoms with van der Waals surface area (Å²) in [5.41, 5.74) is -0.423. The number of hydrogen-bond donors (Lipinski definition) is 0. The number of rotatable bonds is 1. The lowest BCUT2D eigenvalue weighted by Gasteiger charge is -2.35. The van der Waals surface area contributed by atoms with E-state index < -0.39 is 5.60 Å². The summed E-state index contributed by atoms with van der Waals surface area (Å²) in [4.78, 5) is 13.9. The zero-order chi connectivity index (χ0) is 12.9. The van der Waals surface area contributed by atoms with Crippen LogP contribution in [0.1, 0.15) is 46.5 Å². The molecular weight excluding hydrogens is 329 g/mol. The van der Waals surface area contributed by atoms with Crippen molar-refractivity contribution in [3.05, 3.63) is 0 Å². The first-order valence-corrected chi connectivity index (χ1v) is 7.10. The zero-order valence-corrected chi connectivity index (χ0v) is 12.9. The third-order valence-electron chi connectivity index (χ3n) is 2.66. The molecule has 0 spiro atoms. The highest BCUT2D eigenvalue weighted by atomic mass is 127. The average Bonchev–Trinajstić information content (AvgIpc) is 2.24. The van der Waals surface area contributed by atoms with Crippen LogP contribution in [-0.2, 0) is 4.74 Å². The first-order valence-electron chi connectivity index (χ1n) is 6.02. The largest absolute Gasteiger partial charge is 0.444 e. The van der Waals surface area contributed by atoms with Crippen LogP contribution in [0.2, 0.25) is 0 Å². The number of ether oxygens (including phenoxy) is 1. The monoisotopic (exact) mass is 349 g/mol. The van der Waals surface area contributed by atoms with Crippen molar-refractivity contribution in [1.29, 1.82) is 0 Å². The normalized spacial score (nSPS) is 20.5. The number of likely N-dealkylation sites (tertiary alicyclic amines) is 1. The summed E-state index contributed by atoms with van der Waals surface area (Å²) >= 11 is 2.03. The van der Waals surface area contributed by atoms with E-state index in [9.17, 15) is 4.79 Å². The molecule has 1 heterocycles. The van der Waals surface area contributed by atoms with E-state index in [1.807, 2.05) is 48.3 Å². The molecule has 0 bridgehead atoms. The van der Waals surface area contributed by atoms with Gasteiger partial charge in [0.25, 0.3) is 0 Å². The van der Waals surface area contributed by atoms with Gasteiger partial charge in [-0.05, 0) is 44.0 Å². The summed E-state index contributed by atoms with van der Waals surface area (Å²) in [7, 11) is 0. The lowest BCUT2D eigenvalue weighted by atomic mass is 10.0. The fraction of sp³-hybridized carbons (Fsp3) is 0.769. The second kappa shape index (κ2) is 6.48. The third kappa shape index (κ3) is 5.15. The minimum absolute atomic E-state index is 0.197. The topological polar surface area (TPSA) is 29.5 Å². The molecule has 1 fully saturated rings. The van der Waals surface area contributed by atoms with Crippen molar-refractivity contribution < 1.29 is 9.53 Å². The van der Waals surface area contributed by atoms with Gasteiger partial charge in [0.15, 0.2) is 0 Å². The van der Waals surface area contributed by atoms with Crippen LogP contribution in [0.25, 0.3) is 0 Å². The number of piperidine rings is 1. The summed E-state index contributed by atoms with van der Waals surface area (Å²) in [6, 6.07) is 0.223. The van der Waals surface area contributed by atoms with Gasteiger partial charge in [0.05, 0.1) is 0 Å². The van der Waals surface area contributed by atoms with Crippen molar-refractivity contribution in [3.63, 3.8) is 0 Å². The van der Waals surface area contributed by atoms with E-state index in [0.717, 1.165) is 25.8 Å². The van der Waals surface area contributed by atoms with Crippen molar-refractivity contribution in [2.75, 3.05) is 6.54 Å². The van der Waals surface area contributed by atoms with E-state index in [4.69, 9.17) is 4.74 Å². The Bertz CT molecular complexity index is 325. The summed E-state index contributed by atoms with van der Waals surface area (Å²) < 4.78 is 8.29. The number of carbonyl (C=O) groups excluding carboxylic acids is 1. The van der Waals surface area contributed by atoms with Crippen LogP contribution >= 0.6 is 22.6 Å². The third-order valence-corrected chi connectivity index (χ3v) is 3.04. The van der Waals surface area contributed by atoms with Gasteiger partial charge >= 0.3 is 6.09 Å². The molecule has 1 atom stereocenters. The molecule has 17 heavy (non-hydrogen) atoms. The lowest BCUT2D eigenvalue weighted by molar-refractivity contribution is 0.0105. The van der Waals surface area contributed by atoms with Crippen LogP contribution in [0.5, 0.6) is 0 Å². The lowest BCUT2D eigenvalue weighted by Crippen LogP contribution is -2.46. The van der Waals surface area contributed by atoms with E-state index in [1.165, 1.54) is 6.42 Å². The van der Waals surface area contributed by atoms with Crippen LogP contribution in [0.3, 0.4) is 0 Å². The van der Waals surface area contributed by atoms with Crippen molar-refractivity contribution in [2.24, 2.45) is 0 Å². The van der Waals surface area contributed by atoms with E-state index >= 15 is 0 Å². The number of hydrogen-bond acceptors (Lipinski definition) is 2. The first kappa shape index (κ1) is 14.6. The van der Waals surface area contributed by atoms with Crippen LogP contribution in [0.15, 0.2) is 0 Å². The Morgan fingerprint density at radius 1 is 1.47 bits per heavy atom. The molecule has 0 aromatic carbocycles. The molecule has 1 aliphatic heterocycles. The van der Waals surface area contributed by atoms with E-state index in [-0.39, 0.29) is 12.1 Å². The minimum Gasteiger partial charge on any atom is -0.444 e. The fourth-order valence-electron chi connectivity index (χ4n) is 1.93. The van der Waals surface area contributed by atoms with Crippen LogP contribution < -0.4 is 0 Å². The SMILES string of the molecule is CC(C)(C)OC(=O)N1CCCCC1CC#CI. The van der Waals surface area contributed by atoms with Gasteiger partial charge in [-0.15, -0.1) is 0 Å². The maximum Gasteiger partial charge on any atom is 0.410 e. The molecule has 0 aromatic rings. The molecular formula is C13H20INO2. The van der Waals surface area contributed by atoms with Gasteiger partial charge in [0.1, 0.15) is 5.60 Å². The molecule has 96 valence electrons. The zero-order valence-electron chi connectivity index (χ0n) is 10.8. The Balaban J connectivity index is 2.63. The van der Waals surface area contributed by atoms with E-state index in [0.29, 0.717) is 0 Å². The molecule has 0 radical (unpaired) electrons. The van der Waals surface area contributed by atoms with E-state index in [2.05, 4.69) is 9.85 Å². The van der Waals surface area contributed by atoms with Gasteiger partial charge in [-0.2, -0.15) is 0 Å². The Labute approximate surface area is 117 Å². The molecule has 1 saturated heterocycles. The predicted octanol–water partition coefficient (Wildman–Crippen LogP) is 3.56. The molecule has 1 unspecified atom stereocenters. The Hall–Kier alpha value is -0.440. The van der Waals surface area contributed by atoms with Gasteiger partial charge in [-0.25, -0.2) is 4.79 Å². The van der Waals surface area contributed by atoms with Gasteiger partial charge in [0, 0.05) is 41.6 Å². The number of carbonyl (C=O) groups is 1. The van der Waals surface area contributed by atoms with Gasteiger partial charge in [0.2, 0.25) is 0 Å². The van der Waals surface area contributed by atoms with Crippen molar-refractivity contribution >= 4 is 28.7 Å². The molecule has 0 saturated carbocycles. The highest BCUT2D eigenvalue weighted by Crippen LogP contribution is 2.22.